The average molecular weight is 248 g/mol. The summed E-state index contributed by atoms with van der Waals surface area (Å²) in [6, 6.07) is 8.44. The lowest BCUT2D eigenvalue weighted by Gasteiger charge is -2.14. The van der Waals surface area contributed by atoms with Crippen LogP contribution in [0.3, 0.4) is 0 Å². The predicted octanol–water partition coefficient (Wildman–Crippen LogP) is 0.824. The number of benzene rings is 1. The number of nitrogens with zero attached hydrogens (tertiary/aromatic N) is 1. The van der Waals surface area contributed by atoms with Gasteiger partial charge in [0.1, 0.15) is 11.8 Å². The number of carbonyl (C=O) groups excluding carboxylic acids is 1. The van der Waals surface area contributed by atoms with Crippen LogP contribution in [0, 0.1) is 11.3 Å². The predicted molar refractivity (Wildman–Crippen MR) is 66.0 cm³/mol. The van der Waals surface area contributed by atoms with Gasteiger partial charge in [-0.3, -0.25) is 4.79 Å². The first-order valence-electron chi connectivity index (χ1n) is 5.73. The first-order valence-corrected chi connectivity index (χ1v) is 5.73. The number of hydrogen-bond acceptors (Lipinski definition) is 4. The molecule has 0 aliphatic carbocycles. The molecule has 0 aliphatic heterocycles. The maximum Gasteiger partial charge on any atom is 0.258 e. The zero-order chi connectivity index (χ0) is 13.4. The molecule has 0 spiro atoms. The van der Waals surface area contributed by atoms with Crippen molar-refractivity contribution in [2.45, 2.75) is 19.4 Å². The van der Waals surface area contributed by atoms with Crippen molar-refractivity contribution in [1.29, 1.82) is 5.26 Å². The van der Waals surface area contributed by atoms with E-state index in [1.807, 2.05) is 13.0 Å². The van der Waals surface area contributed by atoms with Crippen LogP contribution in [0.25, 0.3) is 0 Å². The second kappa shape index (κ2) is 7.30. The fourth-order valence-electron chi connectivity index (χ4n) is 1.37. The highest BCUT2D eigenvalue weighted by atomic mass is 16.5. The molecule has 5 nitrogen and oxygen atoms in total. The summed E-state index contributed by atoms with van der Waals surface area (Å²) in [5.74, 6) is 0.0656. The molecule has 0 saturated heterocycles. The molecule has 0 fully saturated rings. The van der Waals surface area contributed by atoms with Crippen molar-refractivity contribution in [2.75, 3.05) is 13.2 Å². The van der Waals surface area contributed by atoms with E-state index >= 15 is 0 Å². The summed E-state index contributed by atoms with van der Waals surface area (Å²) >= 11 is 0. The first-order chi connectivity index (χ1) is 8.71. The van der Waals surface area contributed by atoms with E-state index < -0.39 is 0 Å². The SMILES string of the molecule is CCC(CO)NC(=O)COc1ccccc1C#N. The summed E-state index contributed by atoms with van der Waals surface area (Å²) < 4.78 is 5.26. The van der Waals surface area contributed by atoms with Crippen LogP contribution >= 0.6 is 0 Å². The van der Waals surface area contributed by atoms with Gasteiger partial charge in [0.2, 0.25) is 0 Å². The molecule has 96 valence electrons. The standard InChI is InChI=1S/C13H16N2O3/c1-2-11(8-16)15-13(17)9-18-12-6-4-3-5-10(12)7-14/h3-6,11,16H,2,8-9H2,1H3,(H,15,17). The number of nitrogens with one attached hydrogen (secondary N) is 1. The molecule has 0 saturated carbocycles. The van der Waals surface area contributed by atoms with Gasteiger partial charge in [0.25, 0.3) is 5.91 Å². The molecule has 0 aliphatic rings. The Balaban J connectivity index is 2.50. The smallest absolute Gasteiger partial charge is 0.258 e. The molecular formula is C13H16N2O3. The summed E-state index contributed by atoms with van der Waals surface area (Å²) in [6.45, 7) is 1.60. The second-order valence-electron chi connectivity index (χ2n) is 3.75. The van der Waals surface area contributed by atoms with Gasteiger partial charge < -0.3 is 15.2 Å². The zero-order valence-corrected chi connectivity index (χ0v) is 10.2. The van der Waals surface area contributed by atoms with Crippen LogP contribution in [0.4, 0.5) is 0 Å². The van der Waals surface area contributed by atoms with Crippen molar-refractivity contribution in [2.24, 2.45) is 0 Å². The fourth-order valence-corrected chi connectivity index (χ4v) is 1.37. The summed E-state index contributed by atoms with van der Waals surface area (Å²) in [5.41, 5.74) is 0.388. The van der Waals surface area contributed by atoms with Crippen LogP contribution in [-0.4, -0.2) is 30.3 Å². The normalized spacial score (nSPS) is 11.4. The molecule has 1 rings (SSSR count). The number of nitriles is 1. The van der Waals surface area contributed by atoms with Gasteiger partial charge in [-0.2, -0.15) is 5.26 Å². The number of hydrogen-bond donors (Lipinski definition) is 2. The van der Waals surface area contributed by atoms with Crippen LogP contribution in [-0.2, 0) is 4.79 Å². The van der Waals surface area contributed by atoms with Gasteiger partial charge >= 0.3 is 0 Å². The zero-order valence-electron chi connectivity index (χ0n) is 10.2. The van der Waals surface area contributed by atoms with E-state index in [1.165, 1.54) is 0 Å². The van der Waals surface area contributed by atoms with E-state index in [1.54, 1.807) is 24.3 Å². The Morgan fingerprint density at radius 2 is 2.28 bits per heavy atom. The van der Waals surface area contributed by atoms with Crippen molar-refractivity contribution in [3.05, 3.63) is 29.8 Å². The Morgan fingerprint density at radius 3 is 2.89 bits per heavy atom. The number of aliphatic hydroxyl groups is 1. The Kier molecular flexibility index (Phi) is 5.68. The molecule has 1 aromatic carbocycles. The van der Waals surface area contributed by atoms with Crippen LogP contribution in [0.2, 0.25) is 0 Å². The van der Waals surface area contributed by atoms with E-state index in [0.29, 0.717) is 17.7 Å². The van der Waals surface area contributed by atoms with Crippen LogP contribution < -0.4 is 10.1 Å². The van der Waals surface area contributed by atoms with Gasteiger partial charge in [0.15, 0.2) is 6.61 Å². The Labute approximate surface area is 106 Å². The Morgan fingerprint density at radius 1 is 1.56 bits per heavy atom. The molecule has 18 heavy (non-hydrogen) atoms. The van der Waals surface area contributed by atoms with E-state index in [-0.39, 0.29) is 25.2 Å². The second-order valence-corrected chi connectivity index (χ2v) is 3.75. The third kappa shape index (κ3) is 4.07. The lowest BCUT2D eigenvalue weighted by Crippen LogP contribution is -2.39. The number of ether oxygens (including phenoxy) is 1. The summed E-state index contributed by atoms with van der Waals surface area (Å²) in [6.07, 6.45) is 0.650. The number of para-hydroxylation sites is 1. The van der Waals surface area contributed by atoms with Crippen LogP contribution in [0.15, 0.2) is 24.3 Å². The quantitative estimate of drug-likeness (QED) is 0.781. The molecule has 0 heterocycles. The lowest BCUT2D eigenvalue weighted by atomic mass is 10.2. The average Bonchev–Trinajstić information content (AvgIpc) is 2.42. The van der Waals surface area contributed by atoms with E-state index in [4.69, 9.17) is 15.1 Å². The van der Waals surface area contributed by atoms with Crippen LogP contribution in [0.5, 0.6) is 5.75 Å². The van der Waals surface area contributed by atoms with E-state index in [0.717, 1.165) is 0 Å². The van der Waals surface area contributed by atoms with Gasteiger partial charge in [0.05, 0.1) is 18.2 Å². The van der Waals surface area contributed by atoms with Gasteiger partial charge in [0, 0.05) is 0 Å². The van der Waals surface area contributed by atoms with Gasteiger partial charge in [-0.15, -0.1) is 0 Å². The van der Waals surface area contributed by atoms with Crippen molar-refractivity contribution in [3.8, 4) is 11.8 Å². The number of rotatable bonds is 6. The van der Waals surface area contributed by atoms with Crippen molar-refractivity contribution >= 4 is 5.91 Å². The minimum absolute atomic E-state index is 0.100. The Bertz CT molecular complexity index is 436. The Hall–Kier alpha value is -2.06. The van der Waals surface area contributed by atoms with Crippen molar-refractivity contribution in [3.63, 3.8) is 0 Å². The van der Waals surface area contributed by atoms with Crippen molar-refractivity contribution < 1.29 is 14.6 Å². The maximum absolute atomic E-state index is 11.5. The van der Waals surface area contributed by atoms with Gasteiger partial charge in [-0.05, 0) is 18.6 Å². The third-order valence-electron chi connectivity index (χ3n) is 2.44. The number of carbonyl (C=O) groups is 1. The molecule has 0 aromatic heterocycles. The minimum Gasteiger partial charge on any atom is -0.482 e. The largest absolute Gasteiger partial charge is 0.482 e. The molecular weight excluding hydrogens is 232 g/mol. The highest BCUT2D eigenvalue weighted by Crippen LogP contribution is 2.16. The molecule has 5 heteroatoms. The highest BCUT2D eigenvalue weighted by molar-refractivity contribution is 5.77. The highest BCUT2D eigenvalue weighted by Gasteiger charge is 2.10. The summed E-state index contributed by atoms with van der Waals surface area (Å²) in [5, 5.41) is 20.4. The summed E-state index contributed by atoms with van der Waals surface area (Å²) in [4.78, 5) is 11.5. The minimum atomic E-state index is -0.316. The van der Waals surface area contributed by atoms with Gasteiger partial charge in [-0.25, -0.2) is 0 Å². The van der Waals surface area contributed by atoms with E-state index in [9.17, 15) is 4.79 Å². The summed E-state index contributed by atoms with van der Waals surface area (Å²) in [7, 11) is 0. The fraction of sp³-hybridized carbons (Fsp3) is 0.385. The van der Waals surface area contributed by atoms with Gasteiger partial charge in [-0.1, -0.05) is 19.1 Å². The van der Waals surface area contributed by atoms with Crippen LogP contribution in [0.1, 0.15) is 18.9 Å². The molecule has 1 amide bonds. The van der Waals surface area contributed by atoms with Crippen molar-refractivity contribution in [1.82, 2.24) is 5.32 Å². The monoisotopic (exact) mass is 248 g/mol. The molecule has 1 unspecified atom stereocenters. The lowest BCUT2D eigenvalue weighted by molar-refractivity contribution is -0.124. The molecule has 0 radical (unpaired) electrons. The molecule has 1 aromatic rings. The maximum atomic E-state index is 11.5. The topological polar surface area (TPSA) is 82.3 Å². The first kappa shape index (κ1) is 14.0. The molecule has 0 bridgehead atoms. The third-order valence-corrected chi connectivity index (χ3v) is 2.44. The molecule has 2 N–H and O–H groups in total. The number of aliphatic hydroxyl groups excluding tert-OH is 1. The molecule has 1 atom stereocenters. The van der Waals surface area contributed by atoms with E-state index in [2.05, 4.69) is 5.32 Å². The number of amides is 1.